The van der Waals surface area contributed by atoms with E-state index in [1.54, 1.807) is 6.92 Å². The van der Waals surface area contributed by atoms with Crippen LogP contribution in [0.15, 0.2) is 24.3 Å². The van der Waals surface area contributed by atoms with Crippen LogP contribution >= 0.6 is 0 Å². The first-order valence-corrected chi connectivity index (χ1v) is 6.31. The van der Waals surface area contributed by atoms with Crippen molar-refractivity contribution in [1.29, 1.82) is 0 Å². The molecule has 2 N–H and O–H groups in total. The largest absolute Gasteiger partial charge is 0.385 e. The van der Waals surface area contributed by atoms with Gasteiger partial charge in [0.05, 0.1) is 0 Å². The lowest BCUT2D eigenvalue weighted by molar-refractivity contribution is 0.101. The number of Topliss-reactive ketones (excluding diaryl/α,β-unsaturated/α-hetero) is 1. The summed E-state index contributed by atoms with van der Waals surface area (Å²) < 4.78 is 0. The molecule has 0 atom stereocenters. The summed E-state index contributed by atoms with van der Waals surface area (Å²) in [6, 6.07) is 7.75. The third-order valence-corrected chi connectivity index (χ3v) is 3.32. The molecule has 0 amide bonds. The zero-order valence-electron chi connectivity index (χ0n) is 10.3. The molecule has 1 heterocycles. The van der Waals surface area contributed by atoms with Gasteiger partial charge in [-0.15, -0.1) is 0 Å². The first kappa shape index (κ1) is 12.1. The molecule has 0 radical (unpaired) electrons. The van der Waals surface area contributed by atoms with Crippen LogP contribution in [0, 0.1) is 5.92 Å². The fourth-order valence-corrected chi connectivity index (χ4v) is 2.20. The van der Waals surface area contributed by atoms with Gasteiger partial charge in [0.15, 0.2) is 5.78 Å². The first-order chi connectivity index (χ1) is 8.25. The van der Waals surface area contributed by atoms with Crippen LogP contribution in [0.3, 0.4) is 0 Å². The molecular weight excluding hydrogens is 212 g/mol. The number of rotatable bonds is 4. The van der Waals surface area contributed by atoms with Crippen molar-refractivity contribution >= 4 is 11.5 Å². The van der Waals surface area contributed by atoms with E-state index in [1.165, 1.54) is 12.8 Å². The lowest BCUT2D eigenvalue weighted by Crippen LogP contribution is -2.31. The van der Waals surface area contributed by atoms with E-state index < -0.39 is 0 Å². The van der Waals surface area contributed by atoms with Crippen LogP contribution in [0.1, 0.15) is 30.1 Å². The molecule has 1 aliphatic rings. The number of piperidine rings is 1. The minimum absolute atomic E-state index is 0.121. The van der Waals surface area contributed by atoms with E-state index in [0.717, 1.165) is 36.8 Å². The van der Waals surface area contributed by atoms with E-state index in [-0.39, 0.29) is 5.78 Å². The Morgan fingerprint density at radius 2 is 2.18 bits per heavy atom. The molecule has 1 aromatic rings. The van der Waals surface area contributed by atoms with Crippen LogP contribution in [0.2, 0.25) is 0 Å². The Kier molecular flexibility index (Phi) is 4.15. The maximum absolute atomic E-state index is 11.3. The summed E-state index contributed by atoms with van der Waals surface area (Å²) in [5.74, 6) is 0.868. The van der Waals surface area contributed by atoms with Crippen molar-refractivity contribution < 1.29 is 4.79 Å². The van der Waals surface area contributed by atoms with Crippen LogP contribution in [0.5, 0.6) is 0 Å². The smallest absolute Gasteiger partial charge is 0.159 e. The van der Waals surface area contributed by atoms with Gasteiger partial charge in [-0.3, -0.25) is 4.79 Å². The normalized spacial score (nSPS) is 16.8. The Morgan fingerprint density at radius 3 is 2.88 bits per heavy atom. The second-order valence-corrected chi connectivity index (χ2v) is 4.71. The van der Waals surface area contributed by atoms with Crippen molar-refractivity contribution in [3.8, 4) is 0 Å². The van der Waals surface area contributed by atoms with Crippen LogP contribution in [-0.2, 0) is 0 Å². The molecule has 17 heavy (non-hydrogen) atoms. The number of ketones is 1. The van der Waals surface area contributed by atoms with Gasteiger partial charge in [-0.25, -0.2) is 0 Å². The highest BCUT2D eigenvalue weighted by Crippen LogP contribution is 2.15. The van der Waals surface area contributed by atoms with E-state index in [1.807, 2.05) is 24.3 Å². The Hall–Kier alpha value is -1.35. The second-order valence-electron chi connectivity index (χ2n) is 4.71. The van der Waals surface area contributed by atoms with Gasteiger partial charge in [0.2, 0.25) is 0 Å². The zero-order valence-corrected chi connectivity index (χ0v) is 10.3. The lowest BCUT2D eigenvalue weighted by Gasteiger charge is -2.23. The van der Waals surface area contributed by atoms with E-state index >= 15 is 0 Å². The molecule has 3 heteroatoms. The predicted octanol–water partition coefficient (Wildman–Crippen LogP) is 2.30. The fraction of sp³-hybridized carbons (Fsp3) is 0.500. The summed E-state index contributed by atoms with van der Waals surface area (Å²) in [6.07, 6.45) is 2.47. The fourth-order valence-electron chi connectivity index (χ4n) is 2.20. The highest BCUT2D eigenvalue weighted by atomic mass is 16.1. The Bertz CT molecular complexity index is 384. The minimum atomic E-state index is 0.121. The maximum atomic E-state index is 11.3. The predicted molar refractivity (Wildman–Crippen MR) is 70.5 cm³/mol. The first-order valence-electron chi connectivity index (χ1n) is 6.31. The van der Waals surface area contributed by atoms with Gasteiger partial charge in [-0.2, -0.15) is 0 Å². The summed E-state index contributed by atoms with van der Waals surface area (Å²) in [4.78, 5) is 11.3. The Labute approximate surface area is 103 Å². The van der Waals surface area contributed by atoms with Crippen molar-refractivity contribution in [2.45, 2.75) is 19.8 Å². The highest BCUT2D eigenvalue weighted by molar-refractivity contribution is 5.94. The molecule has 3 nitrogen and oxygen atoms in total. The van der Waals surface area contributed by atoms with Crippen molar-refractivity contribution in [2.75, 3.05) is 25.0 Å². The molecule has 0 saturated carbocycles. The average Bonchev–Trinajstić information content (AvgIpc) is 2.38. The topological polar surface area (TPSA) is 41.1 Å². The monoisotopic (exact) mass is 232 g/mol. The SMILES string of the molecule is CC(=O)c1cccc(NCC2CCNCC2)c1. The Balaban J connectivity index is 1.89. The van der Waals surface area contributed by atoms with Gasteiger partial charge in [0, 0.05) is 17.8 Å². The molecule has 0 aromatic heterocycles. The molecule has 1 saturated heterocycles. The number of carbonyl (C=O) groups is 1. The summed E-state index contributed by atoms with van der Waals surface area (Å²) in [5, 5.41) is 6.79. The second kappa shape index (κ2) is 5.82. The molecule has 1 aromatic carbocycles. The number of carbonyl (C=O) groups excluding carboxylic acids is 1. The van der Waals surface area contributed by atoms with E-state index in [0.29, 0.717) is 0 Å². The van der Waals surface area contributed by atoms with Crippen LogP contribution in [-0.4, -0.2) is 25.4 Å². The third kappa shape index (κ3) is 3.56. The van der Waals surface area contributed by atoms with E-state index in [4.69, 9.17) is 0 Å². The Morgan fingerprint density at radius 1 is 1.41 bits per heavy atom. The van der Waals surface area contributed by atoms with Gasteiger partial charge in [-0.1, -0.05) is 12.1 Å². The molecule has 0 spiro atoms. The highest BCUT2D eigenvalue weighted by Gasteiger charge is 2.12. The van der Waals surface area contributed by atoms with Crippen molar-refractivity contribution in [3.63, 3.8) is 0 Å². The minimum Gasteiger partial charge on any atom is -0.385 e. The van der Waals surface area contributed by atoms with Gasteiger partial charge in [0.1, 0.15) is 0 Å². The van der Waals surface area contributed by atoms with Gasteiger partial charge in [0.25, 0.3) is 0 Å². The van der Waals surface area contributed by atoms with Crippen molar-refractivity contribution in [1.82, 2.24) is 5.32 Å². The molecule has 2 rings (SSSR count). The molecule has 0 aliphatic carbocycles. The molecule has 0 bridgehead atoms. The maximum Gasteiger partial charge on any atom is 0.159 e. The quantitative estimate of drug-likeness (QED) is 0.783. The lowest BCUT2D eigenvalue weighted by atomic mass is 9.98. The van der Waals surface area contributed by atoms with E-state index in [2.05, 4.69) is 10.6 Å². The van der Waals surface area contributed by atoms with Crippen LogP contribution in [0.25, 0.3) is 0 Å². The molecule has 1 fully saturated rings. The molecule has 92 valence electrons. The van der Waals surface area contributed by atoms with Gasteiger partial charge in [-0.05, 0) is 50.9 Å². The van der Waals surface area contributed by atoms with Crippen molar-refractivity contribution in [3.05, 3.63) is 29.8 Å². The van der Waals surface area contributed by atoms with Crippen LogP contribution < -0.4 is 10.6 Å². The third-order valence-electron chi connectivity index (χ3n) is 3.32. The van der Waals surface area contributed by atoms with Crippen molar-refractivity contribution in [2.24, 2.45) is 5.92 Å². The van der Waals surface area contributed by atoms with Gasteiger partial charge < -0.3 is 10.6 Å². The number of anilines is 1. The van der Waals surface area contributed by atoms with Crippen LogP contribution in [0.4, 0.5) is 5.69 Å². The summed E-state index contributed by atoms with van der Waals surface area (Å²) in [7, 11) is 0. The number of benzene rings is 1. The number of nitrogens with one attached hydrogen (secondary N) is 2. The number of hydrogen-bond acceptors (Lipinski definition) is 3. The van der Waals surface area contributed by atoms with E-state index in [9.17, 15) is 4.79 Å². The standard InChI is InChI=1S/C14H20N2O/c1-11(17)13-3-2-4-14(9-13)16-10-12-5-7-15-8-6-12/h2-4,9,12,15-16H,5-8,10H2,1H3. The summed E-state index contributed by atoms with van der Waals surface area (Å²) in [6.45, 7) is 4.86. The number of hydrogen-bond donors (Lipinski definition) is 2. The zero-order chi connectivity index (χ0) is 12.1. The summed E-state index contributed by atoms with van der Waals surface area (Å²) in [5.41, 5.74) is 1.83. The molecule has 0 unspecified atom stereocenters. The molecule has 1 aliphatic heterocycles. The summed E-state index contributed by atoms with van der Waals surface area (Å²) >= 11 is 0. The molecular formula is C14H20N2O. The average molecular weight is 232 g/mol. The van der Waals surface area contributed by atoms with Gasteiger partial charge >= 0.3 is 0 Å².